The van der Waals surface area contributed by atoms with E-state index in [0.29, 0.717) is 17.4 Å². The Labute approximate surface area is 163 Å². The maximum Gasteiger partial charge on any atom is 0.247 e. The average molecular weight is 371 g/mol. The molecular weight excluding hydrogens is 341 g/mol. The van der Waals surface area contributed by atoms with Crippen molar-refractivity contribution < 1.29 is 9.59 Å². The van der Waals surface area contributed by atoms with Gasteiger partial charge < -0.3 is 0 Å². The first-order chi connectivity index (χ1) is 11.9. The minimum atomic E-state index is -0.260. The molecule has 0 N–H and O–H groups in total. The Morgan fingerprint density at radius 3 is 2.27 bits per heavy atom. The number of anilines is 1. The topological polar surface area (TPSA) is 37.4 Å². The number of carbonyl (C=O) groups excluding carboxylic acids is 2. The molecule has 26 heavy (non-hydrogen) atoms. The molecule has 1 heterocycles. The van der Waals surface area contributed by atoms with E-state index in [-0.39, 0.29) is 27.8 Å². The van der Waals surface area contributed by atoms with Crippen LogP contribution in [0.1, 0.15) is 66.4 Å². The monoisotopic (exact) mass is 371 g/mol. The molecule has 0 aliphatic carbocycles. The van der Waals surface area contributed by atoms with Gasteiger partial charge in [0.25, 0.3) is 0 Å². The van der Waals surface area contributed by atoms with Crippen molar-refractivity contribution in [2.24, 2.45) is 0 Å². The van der Waals surface area contributed by atoms with Gasteiger partial charge in [-0.25, -0.2) is 4.90 Å². The van der Waals surface area contributed by atoms with Crippen LogP contribution < -0.4 is 4.90 Å². The summed E-state index contributed by atoms with van der Waals surface area (Å²) >= 11 is 1.61. The fourth-order valence-corrected chi connectivity index (χ4v) is 4.87. The van der Waals surface area contributed by atoms with Gasteiger partial charge in [0.15, 0.2) is 0 Å². The molecule has 1 aliphatic rings. The number of benzene rings is 1. The van der Waals surface area contributed by atoms with Gasteiger partial charge in [-0.15, -0.1) is 11.8 Å². The van der Waals surface area contributed by atoms with Gasteiger partial charge in [-0.05, 0) is 36.0 Å². The Balaban J connectivity index is 2.18. The Kier molecular flexibility index (Phi) is 6.32. The standard InChI is InChI=1S/C21H30BNO2S/c1-7-14(2)26-17-12-18(24)23(19(17)25)16-10-8-15(9-11-16)20(3,4)13-21(5,6)22/h8-11,14,17H,7,12-13H2,1-6H3. The summed E-state index contributed by atoms with van der Waals surface area (Å²) < 4.78 is 0. The molecule has 0 saturated carbocycles. The molecule has 3 nitrogen and oxygen atoms in total. The molecule has 1 saturated heterocycles. The van der Waals surface area contributed by atoms with Gasteiger partial charge in [-0.1, -0.05) is 59.0 Å². The first-order valence-electron chi connectivity index (χ1n) is 9.36. The van der Waals surface area contributed by atoms with E-state index in [1.807, 2.05) is 38.1 Å². The summed E-state index contributed by atoms with van der Waals surface area (Å²) in [4.78, 5) is 26.5. The van der Waals surface area contributed by atoms with Crippen molar-refractivity contribution in [2.75, 3.05) is 4.90 Å². The molecule has 2 radical (unpaired) electrons. The number of hydrogen-bond donors (Lipinski definition) is 0. The molecule has 1 fully saturated rings. The largest absolute Gasteiger partial charge is 0.274 e. The van der Waals surface area contributed by atoms with Crippen LogP contribution in [0, 0.1) is 0 Å². The summed E-state index contributed by atoms with van der Waals surface area (Å²) in [5.41, 5.74) is 1.74. The Morgan fingerprint density at radius 2 is 1.77 bits per heavy atom. The molecule has 2 atom stereocenters. The Hall–Kier alpha value is -1.23. The second kappa shape index (κ2) is 7.79. The van der Waals surface area contributed by atoms with Crippen molar-refractivity contribution in [1.82, 2.24) is 0 Å². The summed E-state index contributed by atoms with van der Waals surface area (Å²) in [5.74, 6) is -0.193. The van der Waals surface area contributed by atoms with Crippen molar-refractivity contribution >= 4 is 37.1 Å². The van der Waals surface area contributed by atoms with E-state index in [4.69, 9.17) is 7.85 Å². The highest BCUT2D eigenvalue weighted by molar-refractivity contribution is 8.01. The first-order valence-corrected chi connectivity index (χ1v) is 10.3. The van der Waals surface area contributed by atoms with Gasteiger partial charge in [0.2, 0.25) is 11.8 Å². The average Bonchev–Trinajstić information content (AvgIpc) is 2.79. The van der Waals surface area contributed by atoms with E-state index in [1.54, 1.807) is 11.8 Å². The van der Waals surface area contributed by atoms with Crippen LogP contribution in [-0.4, -0.2) is 30.2 Å². The van der Waals surface area contributed by atoms with Gasteiger partial charge in [0.05, 0.1) is 18.8 Å². The molecule has 5 heteroatoms. The van der Waals surface area contributed by atoms with E-state index in [9.17, 15) is 9.59 Å². The molecule has 2 unspecified atom stereocenters. The van der Waals surface area contributed by atoms with Crippen molar-refractivity contribution in [2.45, 2.75) is 82.0 Å². The third-order valence-corrected chi connectivity index (χ3v) is 6.38. The van der Waals surface area contributed by atoms with Gasteiger partial charge >= 0.3 is 0 Å². The highest BCUT2D eigenvalue weighted by Gasteiger charge is 2.40. The lowest BCUT2D eigenvalue weighted by Crippen LogP contribution is -2.31. The number of imide groups is 1. The van der Waals surface area contributed by atoms with E-state index in [1.165, 1.54) is 4.90 Å². The van der Waals surface area contributed by atoms with Gasteiger partial charge in [0.1, 0.15) is 0 Å². The number of amides is 2. The van der Waals surface area contributed by atoms with E-state index >= 15 is 0 Å². The Bertz CT molecular complexity index is 664. The third kappa shape index (κ3) is 4.94. The number of hydrogen-bond acceptors (Lipinski definition) is 3. The first kappa shape index (κ1) is 21.1. The molecule has 0 bridgehead atoms. The number of thioether (sulfide) groups is 1. The molecule has 1 aromatic carbocycles. The summed E-state index contributed by atoms with van der Waals surface area (Å²) in [5, 5.41) is -0.144. The van der Waals surface area contributed by atoms with Crippen LogP contribution in [-0.2, 0) is 15.0 Å². The maximum atomic E-state index is 12.7. The van der Waals surface area contributed by atoms with Crippen LogP contribution in [0.4, 0.5) is 5.69 Å². The van der Waals surface area contributed by atoms with Crippen LogP contribution in [0.5, 0.6) is 0 Å². The van der Waals surface area contributed by atoms with Gasteiger partial charge in [0, 0.05) is 11.7 Å². The van der Waals surface area contributed by atoms with Crippen LogP contribution in [0.3, 0.4) is 0 Å². The van der Waals surface area contributed by atoms with Crippen LogP contribution in [0.25, 0.3) is 0 Å². The summed E-state index contributed by atoms with van der Waals surface area (Å²) in [7, 11) is 6.19. The van der Waals surface area contributed by atoms with Crippen molar-refractivity contribution in [3.63, 3.8) is 0 Å². The van der Waals surface area contributed by atoms with E-state index < -0.39 is 0 Å². The van der Waals surface area contributed by atoms with Gasteiger partial charge in [-0.3, -0.25) is 9.59 Å². The molecule has 2 rings (SSSR count). The minimum Gasteiger partial charge on any atom is -0.274 e. The highest BCUT2D eigenvalue weighted by atomic mass is 32.2. The summed E-state index contributed by atoms with van der Waals surface area (Å²) in [6.45, 7) is 12.6. The van der Waals surface area contributed by atoms with Crippen molar-refractivity contribution in [1.29, 1.82) is 0 Å². The van der Waals surface area contributed by atoms with Crippen LogP contribution >= 0.6 is 11.8 Å². The van der Waals surface area contributed by atoms with E-state index in [2.05, 4.69) is 27.7 Å². The molecular formula is C21H30BNO2S. The SMILES string of the molecule is [B]C(C)(C)CC(C)(C)c1ccc(N2C(=O)CC(SC(C)CC)C2=O)cc1. The zero-order valence-corrected chi connectivity index (χ0v) is 17.7. The normalized spacial score (nSPS) is 19.9. The van der Waals surface area contributed by atoms with Gasteiger partial charge in [-0.2, -0.15) is 0 Å². The van der Waals surface area contributed by atoms with Crippen LogP contribution in [0.15, 0.2) is 24.3 Å². The lowest BCUT2D eigenvalue weighted by molar-refractivity contribution is -0.121. The molecule has 2 amide bonds. The molecule has 0 aromatic heterocycles. The zero-order chi connectivity index (χ0) is 19.7. The third-order valence-electron chi connectivity index (χ3n) is 4.88. The smallest absolute Gasteiger partial charge is 0.247 e. The second-order valence-electron chi connectivity index (χ2n) is 8.71. The van der Waals surface area contributed by atoms with Crippen molar-refractivity contribution in [3.05, 3.63) is 29.8 Å². The fourth-order valence-electron chi connectivity index (χ4n) is 3.66. The predicted octanol–water partition coefficient (Wildman–Crippen LogP) is 4.88. The highest BCUT2D eigenvalue weighted by Crippen LogP contribution is 2.39. The number of nitrogens with zero attached hydrogens (tertiary/aromatic N) is 1. The lowest BCUT2D eigenvalue weighted by Gasteiger charge is -2.33. The van der Waals surface area contributed by atoms with Crippen LogP contribution in [0.2, 0.25) is 5.31 Å². The Morgan fingerprint density at radius 1 is 1.19 bits per heavy atom. The zero-order valence-electron chi connectivity index (χ0n) is 16.8. The van der Waals surface area contributed by atoms with E-state index in [0.717, 1.165) is 18.4 Å². The quantitative estimate of drug-likeness (QED) is 0.506. The summed E-state index contributed by atoms with van der Waals surface area (Å²) in [6.07, 6.45) is 2.13. The summed E-state index contributed by atoms with van der Waals surface area (Å²) in [6, 6.07) is 7.78. The van der Waals surface area contributed by atoms with Crippen molar-refractivity contribution in [3.8, 4) is 0 Å². The second-order valence-corrected chi connectivity index (χ2v) is 10.4. The molecule has 1 aliphatic heterocycles. The number of rotatable bonds is 7. The molecule has 140 valence electrons. The number of carbonyl (C=O) groups is 2. The molecule has 1 aromatic rings. The minimum absolute atomic E-state index is 0.0786. The molecule has 0 spiro atoms. The fraction of sp³-hybridized carbons (Fsp3) is 0.619. The predicted molar refractivity (Wildman–Crippen MR) is 112 cm³/mol. The lowest BCUT2D eigenvalue weighted by atomic mass is 9.62. The maximum absolute atomic E-state index is 12.7.